The zero-order chi connectivity index (χ0) is 27.0. The lowest BCUT2D eigenvalue weighted by atomic mass is 10.1. The summed E-state index contributed by atoms with van der Waals surface area (Å²) in [4.78, 5) is 14.6. The average Bonchev–Trinajstić information content (AvgIpc) is 3.13. The lowest BCUT2D eigenvalue weighted by Crippen LogP contribution is -2.39. The molecule has 3 aliphatic rings. The molecular formula is C24H34F4N2O4S2. The van der Waals surface area contributed by atoms with Crippen LogP contribution >= 0.6 is 11.8 Å². The smallest absolute Gasteiger partial charge is 0.309 e. The van der Waals surface area contributed by atoms with Crippen LogP contribution in [-0.4, -0.2) is 70.5 Å². The molecular weight excluding hydrogens is 520 g/mol. The number of hydrogen-bond acceptors (Lipinski definition) is 5. The van der Waals surface area contributed by atoms with E-state index in [-0.39, 0.29) is 19.1 Å². The number of likely N-dealkylation sites (N-methyl/N-ethyl adjacent to an activating group) is 1. The molecule has 0 spiro atoms. The molecule has 1 aromatic carbocycles. The summed E-state index contributed by atoms with van der Waals surface area (Å²) in [5.41, 5.74) is 0.801. The molecule has 2 fully saturated rings. The summed E-state index contributed by atoms with van der Waals surface area (Å²) in [7, 11) is 0.360. The van der Waals surface area contributed by atoms with Gasteiger partial charge in [-0.1, -0.05) is 6.92 Å². The fourth-order valence-corrected chi connectivity index (χ4v) is 6.19. The van der Waals surface area contributed by atoms with Crippen LogP contribution in [0.25, 0.3) is 0 Å². The fourth-order valence-electron chi connectivity index (χ4n) is 4.49. The number of halogens is 4. The molecule has 0 amide bonds. The number of rotatable bonds is 7. The number of alkyl halides is 4. The minimum Gasteiger partial charge on any atom is -0.491 e. The van der Waals surface area contributed by atoms with Gasteiger partial charge in [-0.15, -0.1) is 11.8 Å². The van der Waals surface area contributed by atoms with Crippen molar-refractivity contribution in [1.29, 1.82) is 0 Å². The van der Waals surface area contributed by atoms with Crippen molar-refractivity contribution >= 4 is 34.4 Å². The molecule has 4 rings (SSSR count). The lowest BCUT2D eigenvalue weighted by Gasteiger charge is -2.33. The van der Waals surface area contributed by atoms with Gasteiger partial charge in [0.25, 0.3) is 5.92 Å². The molecule has 2 aliphatic carbocycles. The largest absolute Gasteiger partial charge is 0.491 e. The molecule has 0 aromatic heterocycles. The SMILES string of the molecule is CCC(C)(F)F.CSc1cc2c(cc1OCC(C)C(=O)O)S(=O)N(C)CCN2C1CC2C(C1)C2(F)F. The molecule has 0 radical (unpaired) electrons. The molecule has 1 N–H and O–H groups in total. The minimum atomic E-state index is -2.52. The van der Waals surface area contributed by atoms with Crippen LogP contribution in [0.4, 0.5) is 23.2 Å². The van der Waals surface area contributed by atoms with Gasteiger partial charge in [0.1, 0.15) is 23.3 Å². The Labute approximate surface area is 216 Å². The van der Waals surface area contributed by atoms with Crippen LogP contribution in [0.1, 0.15) is 40.0 Å². The molecule has 4 unspecified atom stereocenters. The van der Waals surface area contributed by atoms with Gasteiger partial charge in [-0.25, -0.2) is 26.1 Å². The van der Waals surface area contributed by atoms with Crippen molar-refractivity contribution in [2.75, 3.05) is 37.9 Å². The highest BCUT2D eigenvalue weighted by atomic mass is 32.2. The van der Waals surface area contributed by atoms with Gasteiger partial charge < -0.3 is 14.7 Å². The van der Waals surface area contributed by atoms with Crippen molar-refractivity contribution in [3.8, 4) is 5.75 Å². The van der Waals surface area contributed by atoms with Gasteiger partial charge >= 0.3 is 5.97 Å². The maximum atomic E-state index is 13.7. The van der Waals surface area contributed by atoms with E-state index < -0.39 is 46.6 Å². The zero-order valence-corrected chi connectivity index (χ0v) is 22.7. The van der Waals surface area contributed by atoms with Crippen LogP contribution < -0.4 is 9.64 Å². The van der Waals surface area contributed by atoms with Gasteiger partial charge in [0.05, 0.1) is 21.4 Å². The molecule has 2 saturated carbocycles. The third kappa shape index (κ3) is 6.30. The number of carboxylic acids is 1. The van der Waals surface area contributed by atoms with E-state index >= 15 is 0 Å². The van der Waals surface area contributed by atoms with Crippen LogP contribution in [0.3, 0.4) is 0 Å². The van der Waals surface area contributed by atoms with Crippen LogP contribution in [0.15, 0.2) is 21.9 Å². The number of benzene rings is 1. The predicted octanol–water partition coefficient (Wildman–Crippen LogP) is 5.38. The first-order valence-electron chi connectivity index (χ1n) is 11.9. The number of nitrogens with zero attached hydrogens (tertiary/aromatic N) is 2. The van der Waals surface area contributed by atoms with Crippen LogP contribution in [-0.2, 0) is 15.8 Å². The van der Waals surface area contributed by atoms with Crippen molar-refractivity contribution < 1.29 is 36.4 Å². The van der Waals surface area contributed by atoms with Gasteiger partial charge in [-0.3, -0.25) is 4.79 Å². The Balaban J connectivity index is 0.000000538. The van der Waals surface area contributed by atoms with E-state index in [4.69, 9.17) is 9.84 Å². The highest BCUT2D eigenvalue weighted by molar-refractivity contribution is 7.98. The first-order chi connectivity index (χ1) is 16.7. The number of carboxylic acid groups (broad SMARTS) is 1. The highest BCUT2D eigenvalue weighted by Crippen LogP contribution is 2.65. The molecule has 1 aliphatic heterocycles. The molecule has 1 aromatic rings. The van der Waals surface area contributed by atoms with E-state index in [9.17, 15) is 26.6 Å². The van der Waals surface area contributed by atoms with E-state index in [1.54, 1.807) is 24.3 Å². The minimum absolute atomic E-state index is 0.00887. The Morgan fingerprint density at radius 2 is 1.89 bits per heavy atom. The summed E-state index contributed by atoms with van der Waals surface area (Å²) < 4.78 is 71.0. The van der Waals surface area contributed by atoms with Gasteiger partial charge in [-0.2, -0.15) is 0 Å². The number of ether oxygens (including phenoxy) is 1. The standard InChI is InChI=1S/C20H26F2N2O4S2.C4H8F2/c1-11(19(25)26)10-28-16-9-18-15(8-17(16)29-3)24(5-4-23(2)30(18)27)12-6-13-14(7-12)20(13,21)22;1-3-4(2,5)6/h8-9,11-14H,4-7,10H2,1-3H3,(H,25,26);3H2,1-2H3. The predicted molar refractivity (Wildman–Crippen MR) is 133 cm³/mol. The van der Waals surface area contributed by atoms with Crippen molar-refractivity contribution in [3.63, 3.8) is 0 Å². The molecule has 36 heavy (non-hydrogen) atoms. The maximum absolute atomic E-state index is 13.7. The topological polar surface area (TPSA) is 70.1 Å². The van der Waals surface area contributed by atoms with Crippen molar-refractivity contribution in [3.05, 3.63) is 12.1 Å². The second-order valence-electron chi connectivity index (χ2n) is 9.75. The van der Waals surface area contributed by atoms with Gasteiger partial charge in [0.15, 0.2) is 0 Å². The normalized spacial score (nSPS) is 27.8. The Hall–Kier alpha value is -1.53. The summed E-state index contributed by atoms with van der Waals surface area (Å²) in [6, 6.07) is 3.65. The molecule has 0 bridgehead atoms. The van der Waals surface area contributed by atoms with Gasteiger partial charge in [-0.05, 0) is 39.0 Å². The van der Waals surface area contributed by atoms with Gasteiger partial charge in [0.2, 0.25) is 5.92 Å². The Bertz CT molecular complexity index is 978. The summed E-state index contributed by atoms with van der Waals surface area (Å²) >= 11 is 1.46. The third-order valence-corrected chi connectivity index (χ3v) is 9.28. The molecule has 0 saturated heterocycles. The first-order valence-corrected chi connectivity index (χ1v) is 14.3. The van der Waals surface area contributed by atoms with Crippen LogP contribution in [0.5, 0.6) is 5.75 Å². The second kappa shape index (κ2) is 11.1. The number of anilines is 1. The average molecular weight is 555 g/mol. The van der Waals surface area contributed by atoms with Crippen molar-refractivity contribution in [1.82, 2.24) is 4.31 Å². The Morgan fingerprint density at radius 1 is 1.31 bits per heavy atom. The molecule has 12 heteroatoms. The molecule has 1 heterocycles. The fraction of sp³-hybridized carbons (Fsp3) is 0.708. The van der Waals surface area contributed by atoms with Crippen molar-refractivity contribution in [2.45, 2.75) is 67.7 Å². The molecule has 6 nitrogen and oxygen atoms in total. The quantitative estimate of drug-likeness (QED) is 0.361. The van der Waals surface area contributed by atoms with E-state index in [1.807, 2.05) is 12.3 Å². The zero-order valence-electron chi connectivity index (χ0n) is 21.1. The lowest BCUT2D eigenvalue weighted by molar-refractivity contribution is -0.142. The summed E-state index contributed by atoms with van der Waals surface area (Å²) in [6.07, 6.45) is 2.74. The number of aliphatic carboxylic acids is 1. The second-order valence-corrected chi connectivity index (χ2v) is 12.2. The number of thioether (sulfide) groups is 1. The van der Waals surface area contributed by atoms with E-state index in [2.05, 4.69) is 4.90 Å². The maximum Gasteiger partial charge on any atom is 0.309 e. The van der Waals surface area contributed by atoms with Gasteiger partial charge in [0, 0.05) is 50.5 Å². The van der Waals surface area contributed by atoms with E-state index in [0.29, 0.717) is 36.6 Å². The van der Waals surface area contributed by atoms with Crippen LogP contribution in [0.2, 0.25) is 0 Å². The Kier molecular flexibility index (Phi) is 8.92. The number of hydrogen-bond donors (Lipinski definition) is 1. The summed E-state index contributed by atoms with van der Waals surface area (Å²) in [5, 5.41) is 9.11. The van der Waals surface area contributed by atoms with Crippen LogP contribution in [0, 0.1) is 17.8 Å². The monoisotopic (exact) mass is 554 g/mol. The summed E-state index contributed by atoms with van der Waals surface area (Å²) in [5.74, 6) is -7.15. The highest BCUT2D eigenvalue weighted by Gasteiger charge is 2.72. The number of carbonyl (C=O) groups is 1. The molecule has 204 valence electrons. The van der Waals surface area contributed by atoms with E-state index in [1.165, 1.54) is 18.7 Å². The molecule has 4 atom stereocenters. The third-order valence-electron chi connectivity index (χ3n) is 7.07. The summed E-state index contributed by atoms with van der Waals surface area (Å²) in [6.45, 7) is 5.13. The first kappa shape index (κ1) is 29.0. The van der Waals surface area contributed by atoms with Crippen molar-refractivity contribution in [2.24, 2.45) is 17.8 Å². The Morgan fingerprint density at radius 3 is 2.39 bits per heavy atom. The number of fused-ring (bicyclic) bond motifs is 2. The van der Waals surface area contributed by atoms with E-state index in [0.717, 1.165) is 17.5 Å².